The van der Waals surface area contributed by atoms with Gasteiger partial charge in [0.2, 0.25) is 0 Å². The summed E-state index contributed by atoms with van der Waals surface area (Å²) in [7, 11) is 0. The molecule has 3 N–H and O–H groups in total. The highest BCUT2D eigenvalue weighted by Gasteiger charge is 2.02. The van der Waals surface area contributed by atoms with E-state index in [0.717, 1.165) is 23.3 Å². The van der Waals surface area contributed by atoms with Crippen molar-refractivity contribution in [2.75, 3.05) is 0 Å². The third kappa shape index (κ3) is 5.57. The van der Waals surface area contributed by atoms with Crippen molar-refractivity contribution in [2.24, 2.45) is 0 Å². The highest BCUT2D eigenvalue weighted by molar-refractivity contribution is 5.75. The van der Waals surface area contributed by atoms with Crippen molar-refractivity contribution in [3.63, 3.8) is 0 Å². The maximum absolute atomic E-state index is 9.64. The lowest BCUT2D eigenvalue weighted by atomic mass is 10.1. The van der Waals surface area contributed by atoms with Crippen molar-refractivity contribution < 1.29 is 19.8 Å². The fraction of sp³-hybridized carbons (Fsp3) is 0.167. The van der Waals surface area contributed by atoms with E-state index in [4.69, 9.17) is 10.2 Å². The molecular formula is C18H18N2O4. The lowest BCUT2D eigenvalue weighted by Crippen LogP contribution is -2.00. The third-order valence-corrected chi connectivity index (χ3v) is 3.21. The molecule has 0 spiro atoms. The van der Waals surface area contributed by atoms with Crippen molar-refractivity contribution in [3.8, 4) is 0 Å². The molecule has 0 radical (unpaired) electrons. The first kappa shape index (κ1) is 17.2. The number of carboxylic acid groups (broad SMARTS) is 2. The van der Waals surface area contributed by atoms with Crippen LogP contribution < -0.4 is 0 Å². The van der Waals surface area contributed by atoms with Crippen molar-refractivity contribution >= 4 is 23.0 Å². The zero-order valence-corrected chi connectivity index (χ0v) is 13.0. The Kier molecular flexibility index (Phi) is 6.08. The largest absolute Gasteiger partial charge is 0.481 e. The predicted molar refractivity (Wildman–Crippen MR) is 89.8 cm³/mol. The van der Waals surface area contributed by atoms with Crippen LogP contribution in [0.25, 0.3) is 11.0 Å². The fourth-order valence-electron chi connectivity index (χ4n) is 2.09. The molecule has 0 unspecified atom stereocenters. The van der Waals surface area contributed by atoms with Gasteiger partial charge in [-0.25, -0.2) is 4.98 Å². The van der Waals surface area contributed by atoms with Crippen molar-refractivity contribution in [1.29, 1.82) is 0 Å². The number of benzene rings is 2. The zero-order chi connectivity index (χ0) is 17.4. The summed E-state index contributed by atoms with van der Waals surface area (Å²) in [5, 5.41) is 15.8. The number of hydrogen-bond donors (Lipinski definition) is 3. The number of imidazole rings is 1. The Morgan fingerprint density at radius 3 is 2.04 bits per heavy atom. The van der Waals surface area contributed by atoms with E-state index in [9.17, 15) is 9.59 Å². The Bertz CT molecular complexity index is 765. The topological polar surface area (TPSA) is 103 Å². The van der Waals surface area contributed by atoms with E-state index in [0.29, 0.717) is 0 Å². The quantitative estimate of drug-likeness (QED) is 0.668. The second-order valence-electron chi connectivity index (χ2n) is 5.15. The minimum atomic E-state index is -1.08. The monoisotopic (exact) mass is 326 g/mol. The summed E-state index contributed by atoms with van der Waals surface area (Å²) in [6.45, 7) is 0. The number of carboxylic acids is 2. The van der Waals surface area contributed by atoms with E-state index in [1.54, 1.807) is 0 Å². The minimum absolute atomic E-state index is 0.296. The maximum atomic E-state index is 9.64. The highest BCUT2D eigenvalue weighted by Crippen LogP contribution is 2.13. The predicted octanol–water partition coefficient (Wildman–Crippen LogP) is 3.09. The summed E-state index contributed by atoms with van der Waals surface area (Å²) < 4.78 is 0. The van der Waals surface area contributed by atoms with Gasteiger partial charge in [0.15, 0.2) is 0 Å². The molecule has 2 aromatic carbocycles. The summed E-state index contributed by atoms with van der Waals surface area (Å²) >= 11 is 0. The standard InChI is InChI=1S/C14H12N2.C4H6O4/c1-2-6-11(7-3-1)10-14-15-12-8-4-5-9-13(12)16-14;5-3(6)1-2-4(7)8/h1-9H,10H2,(H,15,16);1-2H2,(H,5,6)(H,7,8). The van der Waals surface area contributed by atoms with Crippen LogP contribution in [-0.2, 0) is 16.0 Å². The lowest BCUT2D eigenvalue weighted by Gasteiger charge is -1.96. The lowest BCUT2D eigenvalue weighted by molar-refractivity contribution is -0.143. The van der Waals surface area contributed by atoms with Gasteiger partial charge in [0.25, 0.3) is 0 Å². The molecule has 3 rings (SSSR count). The van der Waals surface area contributed by atoms with Crippen LogP contribution in [0.5, 0.6) is 0 Å². The van der Waals surface area contributed by atoms with E-state index in [-0.39, 0.29) is 12.8 Å². The zero-order valence-electron chi connectivity index (χ0n) is 13.0. The summed E-state index contributed by atoms with van der Waals surface area (Å²) in [6, 6.07) is 18.5. The highest BCUT2D eigenvalue weighted by atomic mass is 16.4. The molecular weight excluding hydrogens is 308 g/mol. The van der Waals surface area contributed by atoms with Gasteiger partial charge in [-0.2, -0.15) is 0 Å². The van der Waals surface area contributed by atoms with Crippen molar-refractivity contribution in [2.45, 2.75) is 19.3 Å². The molecule has 1 heterocycles. The summed E-state index contributed by atoms with van der Waals surface area (Å²) in [5.41, 5.74) is 3.42. The fourth-order valence-corrected chi connectivity index (χ4v) is 2.09. The molecule has 6 nitrogen and oxygen atoms in total. The second kappa shape index (κ2) is 8.47. The van der Waals surface area contributed by atoms with Gasteiger partial charge in [0.1, 0.15) is 5.82 Å². The summed E-state index contributed by atoms with van der Waals surface area (Å²) in [5.74, 6) is -1.13. The minimum Gasteiger partial charge on any atom is -0.481 e. The maximum Gasteiger partial charge on any atom is 0.303 e. The molecule has 0 amide bonds. The molecule has 0 saturated heterocycles. The van der Waals surface area contributed by atoms with Gasteiger partial charge in [-0.3, -0.25) is 9.59 Å². The number of rotatable bonds is 5. The van der Waals surface area contributed by atoms with Crippen LogP contribution in [0.4, 0.5) is 0 Å². The molecule has 3 aromatic rings. The van der Waals surface area contributed by atoms with E-state index < -0.39 is 11.9 Å². The van der Waals surface area contributed by atoms with Crippen molar-refractivity contribution in [1.82, 2.24) is 9.97 Å². The van der Waals surface area contributed by atoms with Gasteiger partial charge in [-0.1, -0.05) is 42.5 Å². The molecule has 0 fully saturated rings. The molecule has 0 bridgehead atoms. The molecule has 0 atom stereocenters. The molecule has 124 valence electrons. The average Bonchev–Trinajstić information content (AvgIpc) is 2.96. The molecule has 0 aliphatic rings. The van der Waals surface area contributed by atoms with Crippen molar-refractivity contribution in [3.05, 3.63) is 66.0 Å². The third-order valence-electron chi connectivity index (χ3n) is 3.21. The first-order chi connectivity index (χ1) is 11.5. The number of nitrogens with zero attached hydrogens (tertiary/aromatic N) is 1. The van der Waals surface area contributed by atoms with E-state index in [1.807, 2.05) is 24.3 Å². The number of aliphatic carboxylic acids is 2. The van der Waals surface area contributed by atoms with Gasteiger partial charge in [-0.05, 0) is 17.7 Å². The van der Waals surface area contributed by atoms with E-state index in [1.165, 1.54) is 5.56 Å². The summed E-state index contributed by atoms with van der Waals surface area (Å²) in [6.07, 6.45) is 0.264. The number of aromatic amines is 1. The Hall–Kier alpha value is -3.15. The molecule has 0 aliphatic heterocycles. The van der Waals surface area contributed by atoms with Gasteiger partial charge < -0.3 is 15.2 Å². The first-order valence-electron chi connectivity index (χ1n) is 7.45. The Morgan fingerprint density at radius 2 is 1.46 bits per heavy atom. The number of aromatic nitrogens is 2. The Balaban J connectivity index is 0.000000224. The van der Waals surface area contributed by atoms with Crippen LogP contribution in [0.15, 0.2) is 54.6 Å². The second-order valence-corrected chi connectivity index (χ2v) is 5.15. The van der Waals surface area contributed by atoms with Gasteiger partial charge in [-0.15, -0.1) is 0 Å². The molecule has 6 heteroatoms. The van der Waals surface area contributed by atoms with E-state index in [2.05, 4.69) is 40.3 Å². The van der Waals surface area contributed by atoms with Crippen LogP contribution >= 0.6 is 0 Å². The van der Waals surface area contributed by atoms with Crippen LogP contribution in [0.2, 0.25) is 0 Å². The number of nitrogens with one attached hydrogen (secondary N) is 1. The van der Waals surface area contributed by atoms with Crippen LogP contribution in [0.3, 0.4) is 0 Å². The normalized spacial score (nSPS) is 10.0. The van der Waals surface area contributed by atoms with Gasteiger partial charge in [0.05, 0.1) is 23.9 Å². The van der Waals surface area contributed by atoms with E-state index >= 15 is 0 Å². The van der Waals surface area contributed by atoms with Gasteiger partial charge >= 0.3 is 11.9 Å². The molecule has 0 aliphatic carbocycles. The average molecular weight is 326 g/mol. The molecule has 1 aromatic heterocycles. The Morgan fingerprint density at radius 1 is 0.875 bits per heavy atom. The number of para-hydroxylation sites is 2. The molecule has 24 heavy (non-hydrogen) atoms. The molecule has 0 saturated carbocycles. The van der Waals surface area contributed by atoms with Crippen LogP contribution in [0.1, 0.15) is 24.2 Å². The smallest absolute Gasteiger partial charge is 0.303 e. The number of hydrogen-bond acceptors (Lipinski definition) is 3. The number of carbonyl (C=O) groups is 2. The SMILES string of the molecule is O=C(O)CCC(=O)O.c1ccc(Cc2nc3ccccc3[nH]2)cc1. The van der Waals surface area contributed by atoms with Gasteiger partial charge in [0, 0.05) is 6.42 Å². The first-order valence-corrected chi connectivity index (χ1v) is 7.45. The van der Waals surface area contributed by atoms with Crippen LogP contribution in [0, 0.1) is 0 Å². The summed E-state index contributed by atoms with van der Waals surface area (Å²) in [4.78, 5) is 27.2. The number of fused-ring (bicyclic) bond motifs is 1. The number of H-pyrrole nitrogens is 1. The Labute approximate surface area is 138 Å². The van der Waals surface area contributed by atoms with Crippen LogP contribution in [-0.4, -0.2) is 32.1 Å².